The van der Waals surface area contributed by atoms with E-state index in [1.165, 1.54) is 12.1 Å². The van der Waals surface area contributed by atoms with Crippen molar-refractivity contribution in [2.45, 2.75) is 124 Å². The molecule has 0 heterocycles. The van der Waals surface area contributed by atoms with E-state index in [4.69, 9.17) is 38.9 Å². The van der Waals surface area contributed by atoms with Crippen LogP contribution in [0.15, 0.2) is 18.2 Å². The molecule has 43 heavy (non-hydrogen) atoms. The van der Waals surface area contributed by atoms with Crippen LogP contribution in [0.5, 0.6) is 11.5 Å². The molecule has 0 amide bonds. The first-order valence-corrected chi connectivity index (χ1v) is 15.0. The van der Waals surface area contributed by atoms with Crippen molar-refractivity contribution in [2.75, 3.05) is 13.2 Å². The molecule has 0 aliphatic heterocycles. The summed E-state index contributed by atoms with van der Waals surface area (Å²) in [5, 5.41) is 0. The molecule has 0 radical (unpaired) electrons. The van der Waals surface area contributed by atoms with E-state index < -0.39 is 48.3 Å². The van der Waals surface area contributed by atoms with Gasteiger partial charge in [0.05, 0.1) is 13.2 Å². The van der Waals surface area contributed by atoms with Gasteiger partial charge in [0.15, 0.2) is 11.5 Å². The first-order valence-electron chi connectivity index (χ1n) is 15.0. The topological polar surface area (TPSA) is 159 Å². The molecule has 1 aromatic carbocycles. The van der Waals surface area contributed by atoms with Gasteiger partial charge in [-0.1, -0.05) is 52.5 Å². The fraction of sp³-hybridized carbons (Fsp3) is 0.677. The molecule has 0 spiro atoms. The van der Waals surface area contributed by atoms with E-state index in [-0.39, 0.29) is 31.1 Å². The van der Waals surface area contributed by atoms with Gasteiger partial charge < -0.3 is 38.9 Å². The fourth-order valence-corrected chi connectivity index (χ4v) is 3.37. The average Bonchev–Trinajstić information content (AvgIpc) is 2.94. The summed E-state index contributed by atoms with van der Waals surface area (Å²) in [6, 6.07) is 3.28. The van der Waals surface area contributed by atoms with Crippen LogP contribution in [0.2, 0.25) is 0 Å². The van der Waals surface area contributed by atoms with Gasteiger partial charge in [-0.3, -0.25) is 4.79 Å². The van der Waals surface area contributed by atoms with Crippen molar-refractivity contribution in [1.82, 2.24) is 0 Å². The van der Waals surface area contributed by atoms with E-state index in [0.717, 1.165) is 25.7 Å². The first kappa shape index (κ1) is 37.5. The number of benzene rings is 1. The summed E-state index contributed by atoms with van der Waals surface area (Å²) in [6.45, 7) is 12.9. The lowest BCUT2D eigenvalue weighted by molar-refractivity contribution is -0.156. The number of hydrogen-bond acceptors (Lipinski definition) is 12. The van der Waals surface area contributed by atoms with Crippen LogP contribution < -0.4 is 15.2 Å². The van der Waals surface area contributed by atoms with E-state index in [2.05, 4.69) is 0 Å². The second-order valence-corrected chi connectivity index (χ2v) is 10.8. The molecule has 0 saturated heterocycles. The quantitative estimate of drug-likeness (QED) is 0.0818. The van der Waals surface area contributed by atoms with Gasteiger partial charge in [-0.15, -0.1) is 0 Å². The third-order valence-electron chi connectivity index (χ3n) is 6.54. The van der Waals surface area contributed by atoms with Gasteiger partial charge in [0, 0.05) is 0 Å². The third-order valence-corrected chi connectivity index (χ3v) is 6.54. The predicted molar refractivity (Wildman–Crippen MR) is 158 cm³/mol. The second kappa shape index (κ2) is 19.6. The summed E-state index contributed by atoms with van der Waals surface area (Å²) < 4.78 is 36.7. The largest absolute Gasteiger partial charge is 0.513 e. The monoisotopic (exact) mass is 611 g/mol. The number of rotatable bonds is 18. The standard InChI is InChI=1S/C31H49NO11/c1-8-11-13-17-37-28(34)41-25-16-15-23(20-26(25)42-29(35)38-18-14-12-9-2)19-24(32)27(33)39-21(4)22(5)40-30(36)43-31(6,7)10-3/h15-16,20-22,24H,8-14,17-19,32H2,1-7H3/t21-,22-,24-/m0/s1. The fourth-order valence-electron chi connectivity index (χ4n) is 3.37. The van der Waals surface area contributed by atoms with Crippen molar-refractivity contribution in [2.24, 2.45) is 5.73 Å². The number of esters is 1. The Morgan fingerprint density at radius 3 is 1.84 bits per heavy atom. The van der Waals surface area contributed by atoms with Crippen LogP contribution in [0.4, 0.5) is 14.4 Å². The Morgan fingerprint density at radius 2 is 1.30 bits per heavy atom. The Labute approximate surface area is 254 Å². The predicted octanol–water partition coefficient (Wildman–Crippen LogP) is 6.63. The first-order chi connectivity index (χ1) is 20.3. The molecule has 1 aromatic rings. The zero-order chi connectivity index (χ0) is 32.4. The summed E-state index contributed by atoms with van der Waals surface area (Å²) in [7, 11) is 0. The number of unbranched alkanes of at least 4 members (excludes halogenated alkanes) is 4. The Bertz CT molecular complexity index is 1030. The van der Waals surface area contributed by atoms with E-state index in [0.29, 0.717) is 24.8 Å². The summed E-state index contributed by atoms with van der Waals surface area (Å²) in [6.07, 6.45) is 1.28. The van der Waals surface area contributed by atoms with E-state index in [1.54, 1.807) is 33.8 Å². The van der Waals surface area contributed by atoms with Crippen LogP contribution in [0.3, 0.4) is 0 Å². The van der Waals surface area contributed by atoms with E-state index in [1.807, 2.05) is 20.8 Å². The number of hydrogen-bond donors (Lipinski definition) is 1. The number of carbonyl (C=O) groups is 4. The summed E-state index contributed by atoms with van der Waals surface area (Å²) in [5.41, 5.74) is 5.90. The molecular formula is C31H49NO11. The lowest BCUT2D eigenvalue weighted by atomic mass is 10.1. The zero-order valence-corrected chi connectivity index (χ0v) is 26.6. The Kier molecular flexibility index (Phi) is 17.1. The molecule has 2 N–H and O–H groups in total. The Morgan fingerprint density at radius 1 is 0.767 bits per heavy atom. The highest BCUT2D eigenvalue weighted by Gasteiger charge is 2.28. The number of carbonyl (C=O) groups excluding carboxylic acids is 4. The number of nitrogens with two attached hydrogens (primary N) is 1. The van der Waals surface area contributed by atoms with Crippen LogP contribution in [0.1, 0.15) is 99.0 Å². The van der Waals surface area contributed by atoms with Crippen molar-refractivity contribution < 1.29 is 52.3 Å². The maximum Gasteiger partial charge on any atom is 0.513 e. The molecule has 12 nitrogen and oxygen atoms in total. The average molecular weight is 612 g/mol. The molecule has 3 atom stereocenters. The van der Waals surface area contributed by atoms with Crippen LogP contribution in [-0.2, 0) is 34.9 Å². The van der Waals surface area contributed by atoms with Crippen molar-refractivity contribution in [3.63, 3.8) is 0 Å². The molecule has 0 fully saturated rings. The maximum atomic E-state index is 12.7. The molecule has 1 rings (SSSR count). The van der Waals surface area contributed by atoms with Gasteiger partial charge in [-0.25, -0.2) is 14.4 Å². The molecule has 0 aliphatic carbocycles. The van der Waals surface area contributed by atoms with Crippen molar-refractivity contribution in [3.05, 3.63) is 23.8 Å². The normalized spacial score (nSPS) is 13.2. The smallest absolute Gasteiger partial charge is 0.458 e. The minimum absolute atomic E-state index is 0.00280. The Balaban J connectivity index is 2.88. The van der Waals surface area contributed by atoms with Gasteiger partial charge in [-0.2, -0.15) is 0 Å². The molecular weight excluding hydrogens is 562 g/mol. The lowest BCUT2D eigenvalue weighted by Gasteiger charge is -2.26. The SMILES string of the molecule is CCCCCOC(=O)Oc1ccc(C[C@H](N)C(=O)O[C@@H](C)[C@H](C)OC(=O)OC(C)(C)CC)cc1OC(=O)OCCCCC. The molecule has 0 bridgehead atoms. The van der Waals surface area contributed by atoms with Crippen molar-refractivity contribution >= 4 is 24.4 Å². The van der Waals surface area contributed by atoms with Gasteiger partial charge in [0.2, 0.25) is 0 Å². The summed E-state index contributed by atoms with van der Waals surface area (Å²) >= 11 is 0. The highest BCUT2D eigenvalue weighted by atomic mass is 16.8. The van der Waals surface area contributed by atoms with Crippen molar-refractivity contribution in [1.29, 1.82) is 0 Å². The van der Waals surface area contributed by atoms with Crippen LogP contribution in [0, 0.1) is 0 Å². The van der Waals surface area contributed by atoms with Gasteiger partial charge >= 0.3 is 24.4 Å². The highest BCUT2D eigenvalue weighted by Crippen LogP contribution is 2.30. The minimum Gasteiger partial charge on any atom is -0.458 e. The van der Waals surface area contributed by atoms with E-state index in [9.17, 15) is 19.2 Å². The second-order valence-electron chi connectivity index (χ2n) is 10.8. The van der Waals surface area contributed by atoms with E-state index >= 15 is 0 Å². The van der Waals surface area contributed by atoms with Crippen molar-refractivity contribution in [3.8, 4) is 11.5 Å². The molecule has 0 saturated carbocycles. The minimum atomic E-state index is -1.11. The van der Waals surface area contributed by atoms with Crippen LogP contribution >= 0.6 is 0 Å². The molecule has 0 aromatic heterocycles. The zero-order valence-electron chi connectivity index (χ0n) is 26.6. The molecule has 0 aliphatic rings. The third kappa shape index (κ3) is 15.5. The highest BCUT2D eigenvalue weighted by molar-refractivity contribution is 5.76. The van der Waals surface area contributed by atoms with Crippen LogP contribution in [-0.4, -0.2) is 61.5 Å². The Hall–Kier alpha value is -3.54. The maximum absolute atomic E-state index is 12.7. The molecule has 12 heteroatoms. The number of ether oxygens (including phenoxy) is 7. The summed E-state index contributed by atoms with van der Waals surface area (Å²) in [4.78, 5) is 49.3. The molecule has 244 valence electrons. The van der Waals surface area contributed by atoms with Gasteiger partial charge in [-0.05, 0) is 71.1 Å². The summed E-state index contributed by atoms with van der Waals surface area (Å²) in [5.74, 6) is -0.907. The van der Waals surface area contributed by atoms with Gasteiger partial charge in [0.1, 0.15) is 23.9 Å². The van der Waals surface area contributed by atoms with Gasteiger partial charge in [0.25, 0.3) is 0 Å². The lowest BCUT2D eigenvalue weighted by Crippen LogP contribution is -2.40. The van der Waals surface area contributed by atoms with Crippen LogP contribution in [0.25, 0.3) is 0 Å². The molecule has 0 unspecified atom stereocenters.